The molecule has 1 heterocycles. The third-order valence-corrected chi connectivity index (χ3v) is 4.23. The third kappa shape index (κ3) is 3.97. The highest BCUT2D eigenvalue weighted by Crippen LogP contribution is 2.22. The van der Waals surface area contributed by atoms with Crippen molar-refractivity contribution in [3.05, 3.63) is 29.3 Å². The summed E-state index contributed by atoms with van der Waals surface area (Å²) >= 11 is 0. The van der Waals surface area contributed by atoms with Crippen LogP contribution in [0.5, 0.6) is 5.75 Å². The number of rotatable bonds is 4. The van der Waals surface area contributed by atoms with Crippen molar-refractivity contribution >= 4 is 5.91 Å². The van der Waals surface area contributed by atoms with Gasteiger partial charge in [0.2, 0.25) is 5.91 Å². The van der Waals surface area contributed by atoms with Crippen LogP contribution in [0.15, 0.2) is 18.2 Å². The van der Waals surface area contributed by atoms with Gasteiger partial charge in [0.25, 0.3) is 0 Å². The first-order valence-corrected chi connectivity index (χ1v) is 7.63. The minimum Gasteiger partial charge on any atom is -0.496 e. The number of piperidine rings is 1. The molecule has 0 unspecified atom stereocenters. The van der Waals surface area contributed by atoms with Gasteiger partial charge >= 0.3 is 0 Å². The molecular weight excluding hydrogens is 264 g/mol. The smallest absolute Gasteiger partial charge is 0.225 e. The van der Waals surface area contributed by atoms with Crippen LogP contribution < -0.4 is 10.1 Å². The lowest BCUT2D eigenvalue weighted by Gasteiger charge is -2.30. The topological polar surface area (TPSA) is 41.6 Å². The lowest BCUT2D eigenvalue weighted by molar-refractivity contribution is -0.135. The molecule has 4 nitrogen and oxygen atoms in total. The molecule has 0 aliphatic carbocycles. The van der Waals surface area contributed by atoms with Crippen molar-refractivity contribution in [3.8, 4) is 5.75 Å². The Hall–Kier alpha value is -1.55. The summed E-state index contributed by atoms with van der Waals surface area (Å²) in [5.74, 6) is 1.31. The molecule has 0 aromatic heterocycles. The Bertz CT molecular complexity index is 502. The molecule has 1 fully saturated rings. The van der Waals surface area contributed by atoms with E-state index in [-0.39, 0.29) is 11.8 Å². The number of hydrogen-bond acceptors (Lipinski definition) is 3. The Balaban J connectivity index is 1.98. The number of carbonyl (C=O) groups excluding carboxylic acids is 1. The first-order chi connectivity index (χ1) is 10.0. The molecule has 2 atom stereocenters. The van der Waals surface area contributed by atoms with E-state index in [1.54, 1.807) is 7.11 Å². The van der Waals surface area contributed by atoms with Gasteiger partial charge in [0.1, 0.15) is 5.75 Å². The minimum atomic E-state index is 0.158. The second-order valence-corrected chi connectivity index (χ2v) is 6.07. The summed E-state index contributed by atoms with van der Waals surface area (Å²) in [5, 5.41) is 3.39. The van der Waals surface area contributed by atoms with Crippen molar-refractivity contribution in [2.24, 2.45) is 5.92 Å². The van der Waals surface area contributed by atoms with Gasteiger partial charge in [-0.2, -0.15) is 0 Å². The number of amides is 1. The number of nitrogens with zero attached hydrogens (tertiary/aromatic N) is 1. The molecule has 1 saturated heterocycles. The van der Waals surface area contributed by atoms with Gasteiger partial charge in [-0.15, -0.1) is 0 Å². The van der Waals surface area contributed by atoms with Gasteiger partial charge in [0.05, 0.1) is 7.11 Å². The number of nitrogens with one attached hydrogen (secondary N) is 1. The molecule has 0 radical (unpaired) electrons. The van der Waals surface area contributed by atoms with Crippen LogP contribution in [-0.4, -0.2) is 37.6 Å². The van der Waals surface area contributed by atoms with Crippen LogP contribution in [0.4, 0.5) is 0 Å². The van der Waals surface area contributed by atoms with Gasteiger partial charge in [0.15, 0.2) is 0 Å². The van der Waals surface area contributed by atoms with Crippen molar-refractivity contribution in [2.45, 2.75) is 39.3 Å². The van der Waals surface area contributed by atoms with Crippen molar-refractivity contribution in [1.82, 2.24) is 10.2 Å². The molecule has 0 bridgehead atoms. The maximum Gasteiger partial charge on any atom is 0.225 e. The van der Waals surface area contributed by atoms with E-state index in [4.69, 9.17) is 4.74 Å². The quantitative estimate of drug-likeness (QED) is 0.925. The lowest BCUT2D eigenvalue weighted by Crippen LogP contribution is -2.42. The maximum atomic E-state index is 12.5. The standard InChI is InChI=1S/C17H26N2O2/c1-12-9-14(5-6-16(12)21-4)11-19(3)17(20)15-7-8-18-13(2)10-15/h5-6,9,13,15,18H,7-8,10-11H2,1-4H3/t13-,15-/m0/s1. The van der Waals surface area contributed by atoms with Gasteiger partial charge in [-0.1, -0.05) is 12.1 Å². The van der Waals surface area contributed by atoms with Crippen molar-refractivity contribution < 1.29 is 9.53 Å². The van der Waals surface area contributed by atoms with E-state index in [1.165, 1.54) is 0 Å². The highest BCUT2D eigenvalue weighted by Gasteiger charge is 2.27. The number of ether oxygens (including phenoxy) is 1. The Labute approximate surface area is 127 Å². The van der Waals surface area contributed by atoms with Gasteiger partial charge < -0.3 is 15.0 Å². The molecule has 1 aliphatic heterocycles. The van der Waals surface area contributed by atoms with Crippen LogP contribution in [0.25, 0.3) is 0 Å². The first-order valence-electron chi connectivity index (χ1n) is 7.63. The van der Waals surface area contributed by atoms with Crippen molar-refractivity contribution in [1.29, 1.82) is 0 Å². The van der Waals surface area contributed by atoms with Gasteiger partial charge in [-0.3, -0.25) is 4.79 Å². The number of aryl methyl sites for hydroxylation is 1. The Morgan fingerprint density at radius 3 is 2.86 bits per heavy atom. The second kappa shape index (κ2) is 6.94. The van der Waals surface area contributed by atoms with Crippen LogP contribution in [0.3, 0.4) is 0 Å². The molecule has 0 saturated carbocycles. The summed E-state index contributed by atoms with van der Waals surface area (Å²) in [7, 11) is 3.57. The molecule has 1 aromatic carbocycles. The van der Waals surface area contributed by atoms with Gasteiger partial charge in [0, 0.05) is 25.6 Å². The first kappa shape index (κ1) is 15.8. The lowest BCUT2D eigenvalue weighted by atomic mass is 9.92. The molecule has 1 amide bonds. The predicted molar refractivity (Wildman–Crippen MR) is 84.4 cm³/mol. The number of carbonyl (C=O) groups is 1. The molecule has 1 N–H and O–H groups in total. The average Bonchev–Trinajstić information content (AvgIpc) is 2.46. The fraction of sp³-hybridized carbons (Fsp3) is 0.588. The molecule has 4 heteroatoms. The number of hydrogen-bond donors (Lipinski definition) is 1. The summed E-state index contributed by atoms with van der Waals surface area (Å²) in [4.78, 5) is 14.4. The van der Waals surface area contributed by atoms with E-state index in [2.05, 4.69) is 18.3 Å². The SMILES string of the molecule is COc1ccc(CN(C)C(=O)[C@H]2CCN[C@@H](C)C2)cc1C. The minimum absolute atomic E-state index is 0.158. The van der Waals surface area contributed by atoms with Crippen LogP contribution >= 0.6 is 0 Å². The Morgan fingerprint density at radius 1 is 1.48 bits per heavy atom. The molecule has 1 aliphatic rings. The highest BCUT2D eigenvalue weighted by molar-refractivity contribution is 5.78. The molecule has 116 valence electrons. The molecule has 1 aromatic rings. The van der Waals surface area contributed by atoms with Crippen LogP contribution in [0, 0.1) is 12.8 Å². The normalized spacial score (nSPS) is 21.9. The summed E-state index contributed by atoms with van der Waals surface area (Å²) < 4.78 is 5.27. The summed E-state index contributed by atoms with van der Waals surface area (Å²) in [6, 6.07) is 6.52. The van der Waals surface area contributed by atoms with Crippen molar-refractivity contribution in [2.75, 3.05) is 20.7 Å². The predicted octanol–water partition coefficient (Wildman–Crippen LogP) is 2.35. The van der Waals surface area contributed by atoms with E-state index in [0.29, 0.717) is 12.6 Å². The van der Waals surface area contributed by atoms with Crippen LogP contribution in [0.2, 0.25) is 0 Å². The van der Waals surface area contributed by atoms with E-state index < -0.39 is 0 Å². The van der Waals surface area contributed by atoms with E-state index in [1.807, 2.05) is 31.0 Å². The van der Waals surface area contributed by atoms with E-state index >= 15 is 0 Å². The third-order valence-electron chi connectivity index (χ3n) is 4.23. The molecular formula is C17H26N2O2. The fourth-order valence-corrected chi connectivity index (χ4v) is 3.06. The highest BCUT2D eigenvalue weighted by atomic mass is 16.5. The number of benzene rings is 1. The average molecular weight is 290 g/mol. The zero-order valence-electron chi connectivity index (χ0n) is 13.5. The Kier molecular flexibility index (Phi) is 5.23. The van der Waals surface area contributed by atoms with E-state index in [9.17, 15) is 4.79 Å². The molecule has 0 spiro atoms. The Morgan fingerprint density at radius 2 is 2.24 bits per heavy atom. The van der Waals surface area contributed by atoms with Crippen LogP contribution in [0.1, 0.15) is 30.9 Å². The largest absolute Gasteiger partial charge is 0.496 e. The van der Waals surface area contributed by atoms with Gasteiger partial charge in [-0.25, -0.2) is 0 Å². The molecule has 21 heavy (non-hydrogen) atoms. The maximum absolute atomic E-state index is 12.5. The van der Waals surface area contributed by atoms with Gasteiger partial charge in [-0.05, 0) is 50.4 Å². The van der Waals surface area contributed by atoms with E-state index in [0.717, 1.165) is 36.3 Å². The zero-order chi connectivity index (χ0) is 15.4. The summed E-state index contributed by atoms with van der Waals surface area (Å²) in [5.41, 5.74) is 2.25. The van der Waals surface area contributed by atoms with Crippen LogP contribution in [-0.2, 0) is 11.3 Å². The number of methoxy groups -OCH3 is 1. The zero-order valence-corrected chi connectivity index (χ0v) is 13.5. The summed E-state index contributed by atoms with van der Waals surface area (Å²) in [6.07, 6.45) is 1.87. The molecule has 2 rings (SSSR count). The fourth-order valence-electron chi connectivity index (χ4n) is 3.06. The van der Waals surface area contributed by atoms with Crippen molar-refractivity contribution in [3.63, 3.8) is 0 Å². The second-order valence-electron chi connectivity index (χ2n) is 6.07. The summed E-state index contributed by atoms with van der Waals surface area (Å²) in [6.45, 7) is 5.76. The monoisotopic (exact) mass is 290 g/mol.